The summed E-state index contributed by atoms with van der Waals surface area (Å²) in [5.41, 5.74) is 2.07. The lowest BCUT2D eigenvalue weighted by Gasteiger charge is -2.13. The van der Waals surface area contributed by atoms with E-state index >= 15 is 0 Å². The average molecular weight is 422 g/mol. The van der Waals surface area contributed by atoms with Crippen molar-refractivity contribution in [3.63, 3.8) is 0 Å². The highest BCUT2D eigenvalue weighted by atomic mass is 19.1. The SMILES string of the molecule is Cc1ccc(-c2cc(NC(=O)C(C)C)c(=O)n(CC(=O)Nc3ccc(F)cc3)n2)cc1. The van der Waals surface area contributed by atoms with Gasteiger partial charge in [0.05, 0.1) is 5.69 Å². The second kappa shape index (κ2) is 9.34. The van der Waals surface area contributed by atoms with Gasteiger partial charge in [-0.15, -0.1) is 0 Å². The van der Waals surface area contributed by atoms with Crippen LogP contribution in [-0.2, 0) is 16.1 Å². The molecule has 160 valence electrons. The van der Waals surface area contributed by atoms with Crippen LogP contribution in [0.3, 0.4) is 0 Å². The highest BCUT2D eigenvalue weighted by Crippen LogP contribution is 2.19. The van der Waals surface area contributed by atoms with Crippen molar-refractivity contribution in [2.75, 3.05) is 10.6 Å². The van der Waals surface area contributed by atoms with Crippen LogP contribution in [0.5, 0.6) is 0 Å². The molecule has 3 rings (SSSR count). The van der Waals surface area contributed by atoms with E-state index in [0.717, 1.165) is 15.8 Å². The zero-order valence-electron chi connectivity index (χ0n) is 17.5. The summed E-state index contributed by atoms with van der Waals surface area (Å²) in [5, 5.41) is 9.53. The minimum absolute atomic E-state index is 0.0406. The topological polar surface area (TPSA) is 93.1 Å². The van der Waals surface area contributed by atoms with Crippen LogP contribution in [0, 0.1) is 18.7 Å². The molecule has 31 heavy (non-hydrogen) atoms. The number of hydrogen-bond acceptors (Lipinski definition) is 4. The van der Waals surface area contributed by atoms with Gasteiger partial charge in [0.25, 0.3) is 5.56 Å². The molecule has 2 amide bonds. The highest BCUT2D eigenvalue weighted by molar-refractivity contribution is 5.93. The molecule has 1 aromatic heterocycles. The second-order valence-corrected chi connectivity index (χ2v) is 7.47. The summed E-state index contributed by atoms with van der Waals surface area (Å²) in [6.45, 7) is 5.00. The first-order valence-electron chi connectivity index (χ1n) is 9.78. The third-order valence-corrected chi connectivity index (χ3v) is 4.53. The number of carbonyl (C=O) groups excluding carboxylic acids is 2. The van der Waals surface area contributed by atoms with Crippen molar-refractivity contribution in [1.29, 1.82) is 0 Å². The van der Waals surface area contributed by atoms with Crippen LogP contribution < -0.4 is 16.2 Å². The first-order valence-corrected chi connectivity index (χ1v) is 9.78. The summed E-state index contributed by atoms with van der Waals surface area (Å²) in [4.78, 5) is 37.5. The Morgan fingerprint density at radius 3 is 2.29 bits per heavy atom. The largest absolute Gasteiger partial charge is 0.324 e. The van der Waals surface area contributed by atoms with Crippen LogP contribution in [-0.4, -0.2) is 21.6 Å². The maximum absolute atomic E-state index is 13.1. The lowest BCUT2D eigenvalue weighted by Crippen LogP contribution is -2.33. The number of hydrogen-bond donors (Lipinski definition) is 2. The Kier molecular flexibility index (Phi) is 6.59. The molecule has 8 heteroatoms. The van der Waals surface area contributed by atoms with E-state index in [1.807, 2.05) is 31.2 Å². The van der Waals surface area contributed by atoms with Crippen LogP contribution in [0.4, 0.5) is 15.8 Å². The molecule has 0 aliphatic heterocycles. The smallest absolute Gasteiger partial charge is 0.291 e. The van der Waals surface area contributed by atoms with Crippen LogP contribution in [0.25, 0.3) is 11.3 Å². The predicted octanol–water partition coefficient (Wildman–Crippen LogP) is 3.59. The molecule has 0 radical (unpaired) electrons. The van der Waals surface area contributed by atoms with E-state index in [-0.39, 0.29) is 24.1 Å². The molecule has 0 fully saturated rings. The summed E-state index contributed by atoms with van der Waals surface area (Å²) < 4.78 is 14.1. The molecular weight excluding hydrogens is 399 g/mol. The van der Waals surface area contributed by atoms with E-state index in [1.165, 1.54) is 30.3 Å². The number of nitrogens with zero attached hydrogens (tertiary/aromatic N) is 2. The maximum atomic E-state index is 13.1. The molecule has 2 N–H and O–H groups in total. The van der Waals surface area contributed by atoms with Gasteiger partial charge in [0.2, 0.25) is 11.8 Å². The van der Waals surface area contributed by atoms with Gasteiger partial charge in [0, 0.05) is 17.2 Å². The van der Waals surface area contributed by atoms with Gasteiger partial charge >= 0.3 is 0 Å². The van der Waals surface area contributed by atoms with Crippen molar-refractivity contribution in [2.24, 2.45) is 5.92 Å². The zero-order chi connectivity index (χ0) is 22.5. The fraction of sp³-hybridized carbons (Fsp3) is 0.217. The van der Waals surface area contributed by atoms with Crippen molar-refractivity contribution in [3.05, 3.63) is 76.3 Å². The highest BCUT2D eigenvalue weighted by Gasteiger charge is 2.16. The van der Waals surface area contributed by atoms with Crippen LogP contribution in [0.15, 0.2) is 59.4 Å². The van der Waals surface area contributed by atoms with Gasteiger partial charge in [-0.25, -0.2) is 9.07 Å². The van der Waals surface area contributed by atoms with E-state index < -0.39 is 17.3 Å². The second-order valence-electron chi connectivity index (χ2n) is 7.47. The van der Waals surface area contributed by atoms with Crippen molar-refractivity contribution in [1.82, 2.24) is 9.78 Å². The summed E-state index contributed by atoms with van der Waals surface area (Å²) in [7, 11) is 0. The lowest BCUT2D eigenvalue weighted by atomic mass is 10.1. The average Bonchev–Trinajstić information content (AvgIpc) is 2.73. The molecule has 0 aliphatic rings. The molecule has 0 atom stereocenters. The van der Waals surface area contributed by atoms with Gasteiger partial charge in [-0.1, -0.05) is 43.7 Å². The molecule has 0 saturated carbocycles. The number of rotatable bonds is 6. The van der Waals surface area contributed by atoms with Crippen molar-refractivity contribution in [2.45, 2.75) is 27.3 Å². The van der Waals surface area contributed by atoms with E-state index in [4.69, 9.17) is 0 Å². The third kappa shape index (κ3) is 5.63. The third-order valence-electron chi connectivity index (χ3n) is 4.53. The van der Waals surface area contributed by atoms with Crippen LogP contribution >= 0.6 is 0 Å². The van der Waals surface area contributed by atoms with E-state index in [2.05, 4.69) is 15.7 Å². The quantitative estimate of drug-likeness (QED) is 0.635. The Hall–Kier alpha value is -3.81. The fourth-order valence-electron chi connectivity index (χ4n) is 2.75. The van der Waals surface area contributed by atoms with Crippen LogP contribution in [0.2, 0.25) is 0 Å². The number of nitrogens with one attached hydrogen (secondary N) is 2. The Labute approximate surface area is 178 Å². The molecule has 0 spiro atoms. The number of halogens is 1. The first kappa shape index (κ1) is 21.9. The predicted molar refractivity (Wildman–Crippen MR) is 117 cm³/mol. The molecule has 2 aromatic carbocycles. The molecule has 0 bridgehead atoms. The molecular formula is C23H23FN4O3. The lowest BCUT2D eigenvalue weighted by molar-refractivity contribution is -0.119. The number of carbonyl (C=O) groups is 2. The summed E-state index contributed by atoms with van der Waals surface area (Å²) in [5.74, 6) is -1.58. The number of amides is 2. The molecule has 1 heterocycles. The Balaban J connectivity index is 1.94. The first-order chi connectivity index (χ1) is 14.7. The van der Waals surface area contributed by atoms with Gasteiger partial charge < -0.3 is 10.6 Å². The van der Waals surface area contributed by atoms with Crippen molar-refractivity contribution in [3.8, 4) is 11.3 Å². The number of anilines is 2. The van der Waals surface area contributed by atoms with E-state index in [0.29, 0.717) is 11.4 Å². The van der Waals surface area contributed by atoms with Gasteiger partial charge in [-0.3, -0.25) is 14.4 Å². The van der Waals surface area contributed by atoms with Crippen molar-refractivity contribution >= 4 is 23.2 Å². The summed E-state index contributed by atoms with van der Waals surface area (Å²) >= 11 is 0. The van der Waals surface area contributed by atoms with Crippen LogP contribution in [0.1, 0.15) is 19.4 Å². The van der Waals surface area contributed by atoms with Gasteiger partial charge in [0.15, 0.2) is 0 Å². The molecule has 0 unspecified atom stereocenters. The minimum atomic E-state index is -0.598. The monoisotopic (exact) mass is 422 g/mol. The Morgan fingerprint density at radius 1 is 1.03 bits per heavy atom. The zero-order valence-corrected chi connectivity index (χ0v) is 17.5. The molecule has 7 nitrogen and oxygen atoms in total. The summed E-state index contributed by atoms with van der Waals surface area (Å²) in [6, 6.07) is 14.3. The van der Waals surface area contributed by atoms with E-state index in [1.54, 1.807) is 13.8 Å². The van der Waals surface area contributed by atoms with Gasteiger partial charge in [-0.2, -0.15) is 5.10 Å². The fourth-order valence-corrected chi connectivity index (χ4v) is 2.75. The molecule has 3 aromatic rings. The Bertz CT molecular complexity index is 1150. The standard InChI is InChI=1S/C23H23FN4O3/c1-14(2)22(30)26-20-12-19(16-6-4-15(3)5-7-16)27-28(23(20)31)13-21(29)25-18-10-8-17(24)9-11-18/h4-12,14H,13H2,1-3H3,(H,25,29)(H,26,30). The van der Waals surface area contributed by atoms with Gasteiger partial charge in [0.1, 0.15) is 18.0 Å². The molecule has 0 saturated heterocycles. The minimum Gasteiger partial charge on any atom is -0.324 e. The normalized spacial score (nSPS) is 10.7. The number of aryl methyl sites for hydroxylation is 1. The maximum Gasteiger partial charge on any atom is 0.291 e. The summed E-state index contributed by atoms with van der Waals surface area (Å²) in [6.07, 6.45) is 0. The number of aromatic nitrogens is 2. The van der Waals surface area contributed by atoms with E-state index in [9.17, 15) is 18.8 Å². The number of benzene rings is 2. The Morgan fingerprint density at radius 2 is 1.68 bits per heavy atom. The van der Waals surface area contributed by atoms with Gasteiger partial charge in [-0.05, 0) is 37.3 Å². The molecule has 0 aliphatic carbocycles. The van der Waals surface area contributed by atoms with Crippen molar-refractivity contribution < 1.29 is 14.0 Å².